The van der Waals surface area contributed by atoms with Gasteiger partial charge >= 0.3 is 0 Å². The van der Waals surface area contributed by atoms with Gasteiger partial charge in [-0.05, 0) is 13.5 Å². The number of nitrogens with zero attached hydrogens (tertiary/aromatic N) is 3. The van der Waals surface area contributed by atoms with Gasteiger partial charge in [0.1, 0.15) is 5.82 Å². The molecule has 1 unspecified atom stereocenters. The van der Waals surface area contributed by atoms with Crippen LogP contribution in [0, 0.1) is 0 Å². The van der Waals surface area contributed by atoms with E-state index in [9.17, 15) is 4.79 Å². The zero-order valence-corrected chi connectivity index (χ0v) is 9.81. The number of aromatic amines is 1. The van der Waals surface area contributed by atoms with Crippen LogP contribution in [0.25, 0.3) is 0 Å². The fourth-order valence-corrected chi connectivity index (χ4v) is 2.20. The lowest BCUT2D eigenvalue weighted by Gasteiger charge is -2.39. The van der Waals surface area contributed by atoms with E-state index in [1.54, 1.807) is 6.07 Å². The van der Waals surface area contributed by atoms with E-state index in [-0.39, 0.29) is 5.56 Å². The molecule has 0 amide bonds. The summed E-state index contributed by atoms with van der Waals surface area (Å²) in [6, 6.07) is 2.08. The highest BCUT2D eigenvalue weighted by molar-refractivity contribution is 5.37. The highest BCUT2D eigenvalue weighted by atomic mass is 16.1. The Kier molecular flexibility index (Phi) is 3.24. The fraction of sp³-hybridized carbons (Fsp3) is 0.636. The number of hydrogen-bond acceptors (Lipinski definition) is 4. The molecule has 1 aliphatic rings. The molecule has 1 aromatic rings. The molecule has 1 aliphatic heterocycles. The summed E-state index contributed by atoms with van der Waals surface area (Å²) >= 11 is 0. The first kappa shape index (κ1) is 11.1. The number of H-pyrrole nitrogens is 1. The third-order valence-corrected chi connectivity index (χ3v) is 3.16. The van der Waals surface area contributed by atoms with Gasteiger partial charge in [-0.2, -0.15) is 0 Å². The largest absolute Gasteiger partial charge is 0.354 e. The molecule has 0 spiro atoms. The van der Waals surface area contributed by atoms with Crippen molar-refractivity contribution in [2.75, 3.05) is 31.1 Å². The summed E-state index contributed by atoms with van der Waals surface area (Å²) in [5.74, 6) is 0.784. The molecule has 1 fully saturated rings. The summed E-state index contributed by atoms with van der Waals surface area (Å²) in [6.07, 6.45) is 1.47. The molecular formula is C11H18N4O. The van der Waals surface area contributed by atoms with Crippen LogP contribution in [0.5, 0.6) is 0 Å². The standard InChI is InChI=1S/C11H18N4O/c1-3-14-4-5-15(7-9(14)2)10-6-11(16)13-8-12-10/h6,8-9H,3-5,7H2,1-2H3,(H,12,13,16). The molecule has 1 aromatic heterocycles. The van der Waals surface area contributed by atoms with Crippen molar-refractivity contribution in [3.63, 3.8) is 0 Å². The molecule has 88 valence electrons. The lowest BCUT2D eigenvalue weighted by atomic mass is 10.2. The number of nitrogens with one attached hydrogen (secondary N) is 1. The Hall–Kier alpha value is -1.36. The monoisotopic (exact) mass is 222 g/mol. The molecule has 0 aliphatic carbocycles. The Morgan fingerprint density at radius 3 is 3.00 bits per heavy atom. The second-order valence-corrected chi connectivity index (χ2v) is 4.19. The van der Waals surface area contributed by atoms with Gasteiger partial charge in [0.15, 0.2) is 0 Å². The Morgan fingerprint density at radius 2 is 2.38 bits per heavy atom. The van der Waals surface area contributed by atoms with E-state index < -0.39 is 0 Å². The summed E-state index contributed by atoms with van der Waals surface area (Å²) in [5.41, 5.74) is -0.0874. The Bertz CT molecular complexity index is 403. The summed E-state index contributed by atoms with van der Waals surface area (Å²) in [4.78, 5) is 22.5. The van der Waals surface area contributed by atoms with Crippen LogP contribution in [-0.2, 0) is 0 Å². The van der Waals surface area contributed by atoms with Crippen LogP contribution in [-0.4, -0.2) is 47.1 Å². The van der Waals surface area contributed by atoms with E-state index >= 15 is 0 Å². The van der Waals surface area contributed by atoms with Gasteiger partial charge in [-0.15, -0.1) is 0 Å². The van der Waals surface area contributed by atoms with Crippen LogP contribution >= 0.6 is 0 Å². The minimum atomic E-state index is -0.0874. The van der Waals surface area contributed by atoms with Crippen molar-refractivity contribution in [3.8, 4) is 0 Å². The number of likely N-dealkylation sites (N-methyl/N-ethyl adjacent to an activating group) is 1. The summed E-state index contributed by atoms with van der Waals surface area (Å²) in [7, 11) is 0. The van der Waals surface area contributed by atoms with Gasteiger partial charge in [-0.25, -0.2) is 4.98 Å². The molecule has 0 radical (unpaired) electrons. The zero-order chi connectivity index (χ0) is 11.5. The average molecular weight is 222 g/mol. The minimum absolute atomic E-state index is 0.0874. The third kappa shape index (κ3) is 2.24. The average Bonchev–Trinajstić information content (AvgIpc) is 2.29. The van der Waals surface area contributed by atoms with E-state index in [1.165, 1.54) is 6.33 Å². The molecule has 0 aromatic carbocycles. The zero-order valence-electron chi connectivity index (χ0n) is 9.81. The van der Waals surface area contributed by atoms with Crippen LogP contribution in [0.1, 0.15) is 13.8 Å². The lowest BCUT2D eigenvalue weighted by Crippen LogP contribution is -2.52. The fourth-order valence-electron chi connectivity index (χ4n) is 2.20. The van der Waals surface area contributed by atoms with Crippen molar-refractivity contribution in [2.45, 2.75) is 19.9 Å². The van der Waals surface area contributed by atoms with Crippen LogP contribution in [0.3, 0.4) is 0 Å². The molecule has 1 saturated heterocycles. The predicted molar refractivity (Wildman–Crippen MR) is 63.8 cm³/mol. The maximum atomic E-state index is 11.2. The van der Waals surface area contributed by atoms with Crippen molar-refractivity contribution in [1.29, 1.82) is 0 Å². The molecule has 0 bridgehead atoms. The number of anilines is 1. The van der Waals surface area contributed by atoms with Gasteiger partial charge in [0.25, 0.3) is 5.56 Å². The third-order valence-electron chi connectivity index (χ3n) is 3.16. The minimum Gasteiger partial charge on any atom is -0.354 e. The molecular weight excluding hydrogens is 204 g/mol. The first-order valence-corrected chi connectivity index (χ1v) is 5.74. The van der Waals surface area contributed by atoms with Crippen LogP contribution < -0.4 is 10.5 Å². The Morgan fingerprint density at radius 1 is 1.56 bits per heavy atom. The molecule has 2 heterocycles. The molecule has 2 rings (SSSR count). The lowest BCUT2D eigenvalue weighted by molar-refractivity contribution is 0.199. The first-order chi connectivity index (χ1) is 7.70. The number of hydrogen-bond donors (Lipinski definition) is 1. The maximum absolute atomic E-state index is 11.2. The Balaban J connectivity index is 2.10. The smallest absolute Gasteiger partial charge is 0.252 e. The Labute approximate surface area is 95.1 Å². The van der Waals surface area contributed by atoms with Crippen LogP contribution in [0.15, 0.2) is 17.2 Å². The molecule has 1 N–H and O–H groups in total. The number of piperazine rings is 1. The summed E-state index contributed by atoms with van der Waals surface area (Å²) in [5, 5.41) is 0. The van der Waals surface area contributed by atoms with E-state index in [0.717, 1.165) is 32.0 Å². The van der Waals surface area contributed by atoms with Gasteiger partial charge in [0.05, 0.1) is 6.33 Å². The van der Waals surface area contributed by atoms with Gasteiger partial charge in [-0.3, -0.25) is 9.69 Å². The first-order valence-electron chi connectivity index (χ1n) is 5.74. The number of aromatic nitrogens is 2. The topological polar surface area (TPSA) is 52.2 Å². The molecule has 16 heavy (non-hydrogen) atoms. The van der Waals surface area contributed by atoms with Crippen molar-refractivity contribution in [1.82, 2.24) is 14.9 Å². The van der Waals surface area contributed by atoms with E-state index in [4.69, 9.17) is 0 Å². The van der Waals surface area contributed by atoms with Crippen molar-refractivity contribution in [2.24, 2.45) is 0 Å². The van der Waals surface area contributed by atoms with Crippen molar-refractivity contribution in [3.05, 3.63) is 22.7 Å². The van der Waals surface area contributed by atoms with Gasteiger partial charge < -0.3 is 9.88 Å². The highest BCUT2D eigenvalue weighted by Gasteiger charge is 2.23. The van der Waals surface area contributed by atoms with Crippen molar-refractivity contribution < 1.29 is 0 Å². The van der Waals surface area contributed by atoms with Crippen LogP contribution in [0.2, 0.25) is 0 Å². The van der Waals surface area contributed by atoms with Gasteiger partial charge in [0.2, 0.25) is 0 Å². The second-order valence-electron chi connectivity index (χ2n) is 4.19. The normalized spacial score (nSPS) is 22.4. The highest BCUT2D eigenvalue weighted by Crippen LogP contribution is 2.14. The summed E-state index contributed by atoms with van der Waals surface area (Å²) in [6.45, 7) is 8.38. The van der Waals surface area contributed by atoms with Crippen LogP contribution in [0.4, 0.5) is 5.82 Å². The van der Waals surface area contributed by atoms with Crippen molar-refractivity contribution >= 4 is 5.82 Å². The molecule has 1 atom stereocenters. The molecule has 0 saturated carbocycles. The quantitative estimate of drug-likeness (QED) is 0.782. The maximum Gasteiger partial charge on any atom is 0.252 e. The van der Waals surface area contributed by atoms with E-state index in [0.29, 0.717) is 6.04 Å². The van der Waals surface area contributed by atoms with E-state index in [1.807, 2.05) is 0 Å². The second kappa shape index (κ2) is 4.65. The summed E-state index contributed by atoms with van der Waals surface area (Å²) < 4.78 is 0. The molecule has 5 heteroatoms. The predicted octanol–water partition coefficient (Wildman–Crippen LogP) is 0.300. The van der Waals surface area contributed by atoms with E-state index in [2.05, 4.69) is 33.6 Å². The van der Waals surface area contributed by atoms with Gasteiger partial charge in [0, 0.05) is 31.7 Å². The van der Waals surface area contributed by atoms with Gasteiger partial charge in [-0.1, -0.05) is 6.92 Å². The SMILES string of the molecule is CCN1CCN(c2cc(=O)[nH]cn2)CC1C. The molecule has 5 nitrogen and oxygen atoms in total. The number of rotatable bonds is 2.